The van der Waals surface area contributed by atoms with Crippen LogP contribution in [0.1, 0.15) is 30.9 Å². The number of hydrogen-bond donors (Lipinski definition) is 0. The number of ether oxygens (including phenoxy) is 2. The summed E-state index contributed by atoms with van der Waals surface area (Å²) in [6.45, 7) is 3.37. The maximum Gasteiger partial charge on any atom is 0.228 e. The van der Waals surface area contributed by atoms with Crippen LogP contribution in [0, 0.1) is 0 Å². The summed E-state index contributed by atoms with van der Waals surface area (Å²) in [5.41, 5.74) is 2.92. The lowest BCUT2D eigenvalue weighted by atomic mass is 9.88. The van der Waals surface area contributed by atoms with Crippen molar-refractivity contribution < 1.29 is 23.9 Å². The summed E-state index contributed by atoms with van der Waals surface area (Å²) < 4.78 is 10.2. The Balaban J connectivity index is 1.58. The van der Waals surface area contributed by atoms with E-state index in [4.69, 9.17) is 9.47 Å². The Morgan fingerprint density at radius 3 is 2.16 bits per heavy atom. The van der Waals surface area contributed by atoms with Gasteiger partial charge in [-0.05, 0) is 30.9 Å². The zero-order chi connectivity index (χ0) is 22.4. The van der Waals surface area contributed by atoms with E-state index in [0.29, 0.717) is 24.0 Å². The van der Waals surface area contributed by atoms with Gasteiger partial charge in [-0.3, -0.25) is 14.4 Å². The van der Waals surface area contributed by atoms with Crippen LogP contribution in [0.3, 0.4) is 0 Å². The molecule has 166 valence electrons. The fraction of sp³-hybridized carbons (Fsp3) is 0.458. The van der Waals surface area contributed by atoms with Gasteiger partial charge in [0.25, 0.3) is 0 Å². The zero-order valence-corrected chi connectivity index (χ0v) is 19.2. The highest BCUT2D eigenvalue weighted by atomic mass is 32.2. The molecular formula is C24H29NO5S. The molecule has 1 amide bonds. The Labute approximate surface area is 187 Å². The normalized spacial score (nSPS) is 17.3. The maximum atomic E-state index is 12.8. The van der Waals surface area contributed by atoms with Crippen LogP contribution in [0.15, 0.2) is 46.9 Å². The molecule has 3 rings (SSSR count). The van der Waals surface area contributed by atoms with Crippen molar-refractivity contribution in [2.24, 2.45) is 0 Å². The fourth-order valence-corrected chi connectivity index (χ4v) is 4.75. The summed E-state index contributed by atoms with van der Waals surface area (Å²) in [6, 6.07) is 7.99. The molecular weight excluding hydrogens is 414 g/mol. The van der Waals surface area contributed by atoms with E-state index in [0.717, 1.165) is 48.6 Å². The molecule has 1 aliphatic carbocycles. The quantitative estimate of drug-likeness (QED) is 0.575. The molecule has 0 unspecified atom stereocenters. The van der Waals surface area contributed by atoms with E-state index in [9.17, 15) is 14.4 Å². The van der Waals surface area contributed by atoms with E-state index in [1.165, 1.54) is 14.2 Å². The number of carbonyl (C=O) groups excluding carboxylic acids is 3. The van der Waals surface area contributed by atoms with Gasteiger partial charge in [-0.2, -0.15) is 11.8 Å². The minimum atomic E-state index is -0.317. The monoisotopic (exact) mass is 443 g/mol. The lowest BCUT2D eigenvalue weighted by Crippen LogP contribution is -2.37. The molecule has 0 N–H and O–H groups in total. The number of allylic oxidation sites excluding steroid dienone is 2. The number of thioether (sulfide) groups is 1. The van der Waals surface area contributed by atoms with Crippen LogP contribution in [0.25, 0.3) is 0 Å². The molecule has 0 saturated carbocycles. The molecule has 1 aliphatic heterocycles. The average Bonchev–Trinajstić information content (AvgIpc) is 2.80. The second-order valence-corrected chi connectivity index (χ2v) is 8.89. The van der Waals surface area contributed by atoms with E-state index >= 15 is 0 Å². The molecule has 0 atom stereocenters. The molecule has 0 spiro atoms. The number of aryl methyl sites for hydroxylation is 1. The molecule has 1 fully saturated rings. The van der Waals surface area contributed by atoms with Crippen LogP contribution in [0.4, 0.5) is 0 Å². The third kappa shape index (κ3) is 5.39. The smallest absolute Gasteiger partial charge is 0.228 e. The van der Waals surface area contributed by atoms with Crippen LogP contribution in [0.2, 0.25) is 0 Å². The summed E-state index contributed by atoms with van der Waals surface area (Å²) in [6.07, 6.45) is 2.58. The highest BCUT2D eigenvalue weighted by Gasteiger charge is 2.34. The average molecular weight is 444 g/mol. The number of benzene rings is 1. The van der Waals surface area contributed by atoms with E-state index in [1.807, 2.05) is 40.9 Å². The largest absolute Gasteiger partial charge is 0.489 e. The molecule has 6 nitrogen and oxygen atoms in total. The molecule has 2 aliphatic rings. The minimum absolute atomic E-state index is 0.0399. The summed E-state index contributed by atoms with van der Waals surface area (Å²) in [4.78, 5) is 39.5. The number of rotatable bonds is 8. The number of amides is 1. The molecule has 0 radical (unpaired) electrons. The lowest BCUT2D eigenvalue weighted by molar-refractivity contribution is -0.130. The predicted octanol–water partition coefficient (Wildman–Crippen LogP) is 3.10. The first-order chi connectivity index (χ1) is 15.0. The highest BCUT2D eigenvalue weighted by Crippen LogP contribution is 2.28. The molecule has 31 heavy (non-hydrogen) atoms. The Bertz CT molecular complexity index is 910. The third-order valence-corrected chi connectivity index (χ3v) is 6.66. The van der Waals surface area contributed by atoms with Crippen molar-refractivity contribution in [1.29, 1.82) is 0 Å². The van der Waals surface area contributed by atoms with Crippen molar-refractivity contribution in [3.63, 3.8) is 0 Å². The summed E-state index contributed by atoms with van der Waals surface area (Å²) in [5, 5.41) is 0. The Morgan fingerprint density at radius 1 is 0.968 bits per heavy atom. The Hall–Kier alpha value is -2.54. The van der Waals surface area contributed by atoms with E-state index in [-0.39, 0.29) is 29.0 Å². The molecule has 0 bridgehead atoms. The van der Waals surface area contributed by atoms with Gasteiger partial charge in [-0.15, -0.1) is 0 Å². The molecule has 1 saturated heterocycles. The third-order valence-electron chi connectivity index (χ3n) is 5.72. The van der Waals surface area contributed by atoms with Crippen LogP contribution in [-0.2, 0) is 36.7 Å². The molecule has 1 aromatic rings. The topological polar surface area (TPSA) is 72.9 Å². The molecule has 0 aromatic heterocycles. The summed E-state index contributed by atoms with van der Waals surface area (Å²) >= 11 is 1.90. The number of methoxy groups -OCH3 is 2. The predicted molar refractivity (Wildman–Crippen MR) is 121 cm³/mol. The highest BCUT2D eigenvalue weighted by molar-refractivity contribution is 7.99. The molecule has 1 aromatic carbocycles. The second kappa shape index (κ2) is 10.7. The first-order valence-corrected chi connectivity index (χ1v) is 11.7. The number of nitrogens with zero attached hydrogens (tertiary/aromatic N) is 1. The first-order valence-electron chi connectivity index (χ1n) is 10.5. The summed E-state index contributed by atoms with van der Waals surface area (Å²) in [5.74, 6) is 1.61. The van der Waals surface area contributed by atoms with Gasteiger partial charge in [0.15, 0.2) is 0 Å². The summed E-state index contributed by atoms with van der Waals surface area (Å²) in [7, 11) is 2.72. The van der Waals surface area contributed by atoms with Crippen molar-refractivity contribution >= 4 is 29.2 Å². The standard InChI is InChI=1S/C24H29NO5S/c1-16-19(22(28)24(30-3)23(29-2)21(16)27)15-18-9-7-17(8-10-18)5-4-6-20(26)25-11-13-31-14-12-25/h7-10H,4-6,11-15H2,1-3H3. The van der Waals surface area contributed by atoms with Gasteiger partial charge in [-0.25, -0.2) is 0 Å². The Morgan fingerprint density at radius 2 is 1.55 bits per heavy atom. The number of carbonyl (C=O) groups is 3. The first kappa shape index (κ1) is 23.1. The van der Waals surface area contributed by atoms with Crippen LogP contribution >= 0.6 is 11.8 Å². The van der Waals surface area contributed by atoms with Crippen LogP contribution in [-0.4, -0.2) is 61.2 Å². The zero-order valence-electron chi connectivity index (χ0n) is 18.4. The van der Waals surface area contributed by atoms with Crippen molar-refractivity contribution in [2.45, 2.75) is 32.6 Å². The number of hydrogen-bond acceptors (Lipinski definition) is 6. The Kier molecular flexibility index (Phi) is 7.96. The van der Waals surface area contributed by atoms with E-state index < -0.39 is 0 Å². The minimum Gasteiger partial charge on any atom is -0.489 e. The SMILES string of the molecule is COC1=C(OC)C(=O)C(Cc2ccc(CCCC(=O)N3CCSCC3)cc2)=C(C)C1=O. The van der Waals surface area contributed by atoms with Crippen molar-refractivity contribution in [2.75, 3.05) is 38.8 Å². The molecule has 1 heterocycles. The van der Waals surface area contributed by atoms with Crippen molar-refractivity contribution in [3.8, 4) is 0 Å². The van der Waals surface area contributed by atoms with E-state index in [2.05, 4.69) is 0 Å². The number of Topliss-reactive ketones (excluding diaryl/α,β-unsaturated/α-hetero) is 2. The van der Waals surface area contributed by atoms with Crippen molar-refractivity contribution in [1.82, 2.24) is 4.90 Å². The van der Waals surface area contributed by atoms with Crippen LogP contribution < -0.4 is 0 Å². The van der Waals surface area contributed by atoms with Crippen LogP contribution in [0.5, 0.6) is 0 Å². The fourth-order valence-electron chi connectivity index (χ4n) is 3.85. The van der Waals surface area contributed by atoms with E-state index in [1.54, 1.807) is 6.92 Å². The maximum absolute atomic E-state index is 12.8. The lowest BCUT2D eigenvalue weighted by Gasteiger charge is -2.26. The van der Waals surface area contributed by atoms with Gasteiger partial charge in [-0.1, -0.05) is 24.3 Å². The second-order valence-electron chi connectivity index (χ2n) is 7.67. The van der Waals surface area contributed by atoms with Gasteiger partial charge < -0.3 is 14.4 Å². The van der Waals surface area contributed by atoms with Gasteiger partial charge in [0, 0.05) is 48.6 Å². The van der Waals surface area contributed by atoms with Crippen molar-refractivity contribution in [3.05, 3.63) is 58.1 Å². The number of ketones is 2. The van der Waals surface area contributed by atoms with Gasteiger partial charge >= 0.3 is 0 Å². The molecule has 7 heteroatoms. The van der Waals surface area contributed by atoms with Gasteiger partial charge in [0.2, 0.25) is 29.0 Å². The van der Waals surface area contributed by atoms with Gasteiger partial charge in [0.05, 0.1) is 14.2 Å². The van der Waals surface area contributed by atoms with Gasteiger partial charge in [0.1, 0.15) is 0 Å².